The Morgan fingerprint density at radius 1 is 1.30 bits per heavy atom. The van der Waals surface area contributed by atoms with Gasteiger partial charge in [0, 0.05) is 19.6 Å². The van der Waals surface area contributed by atoms with E-state index in [2.05, 4.69) is 17.1 Å². The van der Waals surface area contributed by atoms with Crippen molar-refractivity contribution in [2.24, 2.45) is 11.7 Å². The van der Waals surface area contributed by atoms with Crippen molar-refractivity contribution in [2.75, 3.05) is 26.2 Å². The summed E-state index contributed by atoms with van der Waals surface area (Å²) in [6.45, 7) is 6.35. The fourth-order valence-corrected chi connectivity index (χ4v) is 3.23. The van der Waals surface area contributed by atoms with Gasteiger partial charge in [-0.15, -0.1) is 24.8 Å². The van der Waals surface area contributed by atoms with Gasteiger partial charge in [0.2, 0.25) is 5.91 Å². The minimum Gasteiger partial charge on any atom is -0.353 e. The second-order valence-electron chi connectivity index (χ2n) is 6.17. The van der Waals surface area contributed by atoms with Gasteiger partial charge < -0.3 is 16.0 Å². The molecular weight excluding hydrogens is 297 g/mol. The van der Waals surface area contributed by atoms with E-state index in [1.165, 1.54) is 25.9 Å². The Balaban J connectivity index is 0.00000180. The van der Waals surface area contributed by atoms with Crippen LogP contribution in [0.1, 0.15) is 45.4 Å². The molecule has 4 nitrogen and oxygen atoms in total. The van der Waals surface area contributed by atoms with Crippen LogP contribution in [0, 0.1) is 5.92 Å². The van der Waals surface area contributed by atoms with E-state index in [0.29, 0.717) is 0 Å². The molecule has 1 unspecified atom stereocenters. The smallest absolute Gasteiger partial charge is 0.240 e. The molecule has 3 N–H and O–H groups in total. The van der Waals surface area contributed by atoms with Gasteiger partial charge in [-0.3, -0.25) is 4.79 Å². The zero-order valence-electron chi connectivity index (χ0n) is 12.4. The highest BCUT2D eigenvalue weighted by atomic mass is 35.5. The molecule has 2 rings (SSSR count). The lowest BCUT2D eigenvalue weighted by atomic mass is 9.98. The number of carbonyl (C=O) groups is 1. The molecule has 1 aliphatic carbocycles. The molecule has 20 heavy (non-hydrogen) atoms. The summed E-state index contributed by atoms with van der Waals surface area (Å²) in [5.41, 5.74) is 5.54. The predicted octanol–water partition coefficient (Wildman–Crippen LogP) is 1.95. The van der Waals surface area contributed by atoms with Crippen LogP contribution in [0.25, 0.3) is 0 Å². The summed E-state index contributed by atoms with van der Waals surface area (Å²) in [7, 11) is 0. The lowest BCUT2D eigenvalue weighted by Crippen LogP contribution is -2.53. The maximum Gasteiger partial charge on any atom is 0.240 e. The van der Waals surface area contributed by atoms with Crippen molar-refractivity contribution in [1.29, 1.82) is 0 Å². The highest BCUT2D eigenvalue weighted by molar-refractivity contribution is 5.86. The fourth-order valence-electron chi connectivity index (χ4n) is 3.23. The minimum absolute atomic E-state index is 0. The van der Waals surface area contributed by atoms with Crippen LogP contribution in [-0.2, 0) is 4.79 Å². The first-order chi connectivity index (χ1) is 8.60. The number of nitrogens with zero attached hydrogens (tertiary/aromatic N) is 1. The highest BCUT2D eigenvalue weighted by Gasteiger charge is 2.36. The third kappa shape index (κ3) is 5.40. The Kier molecular flexibility index (Phi) is 9.07. The number of halogens is 2. The quantitative estimate of drug-likeness (QED) is 0.830. The largest absolute Gasteiger partial charge is 0.353 e. The Labute approximate surface area is 135 Å². The minimum atomic E-state index is -0.574. The third-order valence-electron chi connectivity index (χ3n) is 4.40. The standard InChI is InChI=1S/C14H27N3O.2ClH/c1-12-5-4-9-17(11-12)10-8-16-13(18)14(15)6-2-3-7-14;;/h12H,2-11,15H2,1H3,(H,16,18);2*1H. The van der Waals surface area contributed by atoms with E-state index >= 15 is 0 Å². The molecule has 1 heterocycles. The van der Waals surface area contributed by atoms with E-state index in [-0.39, 0.29) is 30.7 Å². The Hall–Kier alpha value is -0.0300. The Morgan fingerprint density at radius 3 is 2.55 bits per heavy atom. The summed E-state index contributed by atoms with van der Waals surface area (Å²) in [6.07, 6.45) is 6.50. The van der Waals surface area contributed by atoms with Crippen LogP contribution < -0.4 is 11.1 Å². The van der Waals surface area contributed by atoms with Gasteiger partial charge in [-0.1, -0.05) is 19.8 Å². The molecule has 2 fully saturated rings. The number of amides is 1. The van der Waals surface area contributed by atoms with Gasteiger partial charge >= 0.3 is 0 Å². The number of carbonyl (C=O) groups excluding carboxylic acids is 1. The summed E-state index contributed by atoms with van der Waals surface area (Å²) < 4.78 is 0. The Bertz CT molecular complexity index is 296. The SMILES string of the molecule is CC1CCCN(CCNC(=O)C2(N)CCCC2)C1.Cl.Cl. The molecule has 0 bridgehead atoms. The summed E-state index contributed by atoms with van der Waals surface area (Å²) in [6, 6.07) is 0. The molecule has 0 aromatic heterocycles. The van der Waals surface area contributed by atoms with E-state index in [9.17, 15) is 4.79 Å². The summed E-state index contributed by atoms with van der Waals surface area (Å²) in [4.78, 5) is 14.5. The molecule has 6 heteroatoms. The van der Waals surface area contributed by atoms with Crippen molar-refractivity contribution in [3.63, 3.8) is 0 Å². The molecule has 1 saturated heterocycles. The summed E-state index contributed by atoms with van der Waals surface area (Å²) >= 11 is 0. The number of nitrogens with two attached hydrogens (primary N) is 1. The second-order valence-corrected chi connectivity index (χ2v) is 6.17. The van der Waals surface area contributed by atoms with E-state index in [1.807, 2.05) is 0 Å². The lowest BCUT2D eigenvalue weighted by molar-refractivity contribution is -0.126. The maximum atomic E-state index is 12.0. The van der Waals surface area contributed by atoms with Gasteiger partial charge in [-0.05, 0) is 38.1 Å². The van der Waals surface area contributed by atoms with Crippen LogP contribution in [0.5, 0.6) is 0 Å². The van der Waals surface area contributed by atoms with Crippen LogP contribution in [0.3, 0.4) is 0 Å². The first-order valence-corrected chi connectivity index (χ1v) is 7.40. The molecule has 0 aromatic carbocycles. The lowest BCUT2D eigenvalue weighted by Gasteiger charge is -2.31. The van der Waals surface area contributed by atoms with Crippen molar-refractivity contribution >= 4 is 30.7 Å². The number of hydrogen-bond donors (Lipinski definition) is 2. The molecule has 120 valence electrons. The van der Waals surface area contributed by atoms with Crippen LogP contribution in [0.15, 0.2) is 0 Å². The number of likely N-dealkylation sites (tertiary alicyclic amines) is 1. The molecule has 1 saturated carbocycles. The van der Waals surface area contributed by atoms with Gasteiger partial charge in [0.1, 0.15) is 0 Å². The van der Waals surface area contributed by atoms with Crippen LogP contribution in [0.4, 0.5) is 0 Å². The molecule has 0 spiro atoms. The second kappa shape index (κ2) is 9.08. The molecule has 0 radical (unpaired) electrons. The van der Waals surface area contributed by atoms with Crippen molar-refractivity contribution in [2.45, 2.75) is 51.0 Å². The van der Waals surface area contributed by atoms with Crippen molar-refractivity contribution in [3.05, 3.63) is 0 Å². The van der Waals surface area contributed by atoms with Crippen LogP contribution >= 0.6 is 24.8 Å². The van der Waals surface area contributed by atoms with E-state index in [1.54, 1.807) is 0 Å². The maximum absolute atomic E-state index is 12.0. The first kappa shape index (κ1) is 20.0. The average Bonchev–Trinajstić information content (AvgIpc) is 2.77. The van der Waals surface area contributed by atoms with Crippen molar-refractivity contribution in [1.82, 2.24) is 10.2 Å². The summed E-state index contributed by atoms with van der Waals surface area (Å²) in [5, 5.41) is 3.02. The molecule has 1 amide bonds. The number of hydrogen-bond acceptors (Lipinski definition) is 3. The van der Waals surface area contributed by atoms with Gasteiger partial charge in [-0.2, -0.15) is 0 Å². The van der Waals surface area contributed by atoms with Gasteiger partial charge in [0.05, 0.1) is 5.54 Å². The number of nitrogens with one attached hydrogen (secondary N) is 1. The zero-order chi connectivity index (χ0) is 13.0. The van der Waals surface area contributed by atoms with Gasteiger partial charge in [-0.25, -0.2) is 0 Å². The summed E-state index contributed by atoms with van der Waals surface area (Å²) in [5.74, 6) is 0.857. The average molecular weight is 326 g/mol. The molecule has 1 aliphatic heterocycles. The number of rotatable bonds is 4. The normalized spacial score (nSPS) is 25.4. The van der Waals surface area contributed by atoms with Crippen LogP contribution in [0.2, 0.25) is 0 Å². The monoisotopic (exact) mass is 325 g/mol. The third-order valence-corrected chi connectivity index (χ3v) is 4.40. The van der Waals surface area contributed by atoms with Gasteiger partial charge in [0.15, 0.2) is 0 Å². The molecule has 0 aromatic rings. The molecule has 2 aliphatic rings. The van der Waals surface area contributed by atoms with E-state index in [4.69, 9.17) is 5.73 Å². The van der Waals surface area contributed by atoms with Crippen LogP contribution in [-0.4, -0.2) is 42.5 Å². The topological polar surface area (TPSA) is 58.4 Å². The fraction of sp³-hybridized carbons (Fsp3) is 0.929. The highest BCUT2D eigenvalue weighted by Crippen LogP contribution is 2.27. The van der Waals surface area contributed by atoms with E-state index in [0.717, 1.165) is 44.7 Å². The van der Waals surface area contributed by atoms with Crippen molar-refractivity contribution in [3.8, 4) is 0 Å². The Morgan fingerprint density at radius 2 is 1.95 bits per heavy atom. The molecular formula is C14H29Cl2N3O. The molecule has 1 atom stereocenters. The zero-order valence-corrected chi connectivity index (χ0v) is 14.0. The predicted molar refractivity (Wildman–Crippen MR) is 87.7 cm³/mol. The van der Waals surface area contributed by atoms with Gasteiger partial charge in [0.25, 0.3) is 0 Å². The first-order valence-electron chi connectivity index (χ1n) is 7.40. The number of piperidine rings is 1. The van der Waals surface area contributed by atoms with Crippen molar-refractivity contribution < 1.29 is 4.79 Å². The van der Waals surface area contributed by atoms with E-state index < -0.39 is 5.54 Å².